The van der Waals surface area contributed by atoms with E-state index in [1.807, 2.05) is 30.1 Å². The lowest BCUT2D eigenvalue weighted by atomic mass is 10.2. The maximum absolute atomic E-state index is 5.43. The number of aryl methyl sites for hydroxylation is 1. The van der Waals surface area contributed by atoms with Gasteiger partial charge >= 0.3 is 0 Å². The molecule has 1 N–H and O–H groups in total. The molecule has 0 saturated heterocycles. The molecule has 0 radical (unpaired) electrons. The minimum Gasteiger partial charge on any atom is -0.497 e. The first-order chi connectivity index (χ1) is 11.6. The van der Waals surface area contributed by atoms with E-state index in [1.165, 1.54) is 0 Å². The summed E-state index contributed by atoms with van der Waals surface area (Å²) in [4.78, 5) is 10.4. The van der Waals surface area contributed by atoms with E-state index in [0.29, 0.717) is 30.8 Å². The number of halogens is 1. The third-order valence-corrected chi connectivity index (χ3v) is 3.44. The van der Waals surface area contributed by atoms with Gasteiger partial charge in [0, 0.05) is 32.3 Å². The van der Waals surface area contributed by atoms with Gasteiger partial charge in [-0.1, -0.05) is 5.16 Å². The van der Waals surface area contributed by atoms with Crippen molar-refractivity contribution in [2.24, 2.45) is 4.99 Å². The number of methoxy groups -OCH3 is 2. The predicted molar refractivity (Wildman–Crippen MR) is 106 cm³/mol. The van der Waals surface area contributed by atoms with Crippen LogP contribution < -0.4 is 14.8 Å². The molecule has 0 fully saturated rings. The van der Waals surface area contributed by atoms with E-state index in [2.05, 4.69) is 20.4 Å². The van der Waals surface area contributed by atoms with Crippen LogP contribution in [0.4, 0.5) is 0 Å². The number of benzene rings is 1. The molecule has 138 valence electrons. The molecule has 0 atom stereocenters. The molecule has 1 aromatic carbocycles. The zero-order valence-corrected chi connectivity index (χ0v) is 17.4. The second kappa shape index (κ2) is 10.1. The first-order valence-electron chi connectivity index (χ1n) is 7.49. The monoisotopic (exact) mass is 461 g/mol. The van der Waals surface area contributed by atoms with Crippen LogP contribution >= 0.6 is 24.0 Å². The quantitative estimate of drug-likeness (QED) is 0.401. The van der Waals surface area contributed by atoms with Gasteiger partial charge in [-0.2, -0.15) is 4.98 Å². The van der Waals surface area contributed by atoms with Gasteiger partial charge in [0.15, 0.2) is 11.8 Å². The van der Waals surface area contributed by atoms with Crippen LogP contribution in [-0.4, -0.2) is 49.3 Å². The Balaban J connectivity index is 0.00000312. The molecular formula is C16H24IN5O3. The largest absolute Gasteiger partial charge is 0.497 e. The second-order valence-corrected chi connectivity index (χ2v) is 5.17. The summed E-state index contributed by atoms with van der Waals surface area (Å²) in [7, 11) is 6.94. The maximum atomic E-state index is 5.43. The van der Waals surface area contributed by atoms with Crippen molar-refractivity contribution in [1.29, 1.82) is 0 Å². The zero-order chi connectivity index (χ0) is 17.5. The topological polar surface area (TPSA) is 85.0 Å². The molecule has 0 amide bonds. The number of rotatable bonds is 6. The van der Waals surface area contributed by atoms with E-state index in [-0.39, 0.29) is 24.0 Å². The van der Waals surface area contributed by atoms with Crippen LogP contribution in [0.2, 0.25) is 0 Å². The van der Waals surface area contributed by atoms with Crippen LogP contribution in [0.1, 0.15) is 17.3 Å². The summed E-state index contributed by atoms with van der Waals surface area (Å²) in [6.45, 7) is 2.82. The Morgan fingerprint density at radius 3 is 2.64 bits per heavy atom. The van der Waals surface area contributed by atoms with Crippen LogP contribution in [0.15, 0.2) is 27.7 Å². The molecule has 25 heavy (non-hydrogen) atoms. The summed E-state index contributed by atoms with van der Waals surface area (Å²) >= 11 is 0. The van der Waals surface area contributed by atoms with Crippen molar-refractivity contribution in [2.75, 3.05) is 28.3 Å². The summed E-state index contributed by atoms with van der Waals surface area (Å²) in [5.74, 6) is 3.36. The fourth-order valence-corrected chi connectivity index (χ4v) is 2.26. The molecule has 0 spiro atoms. The molecule has 0 unspecified atom stereocenters. The fourth-order valence-electron chi connectivity index (χ4n) is 2.26. The van der Waals surface area contributed by atoms with Gasteiger partial charge < -0.3 is 24.2 Å². The Kier molecular flexibility index (Phi) is 8.46. The van der Waals surface area contributed by atoms with Gasteiger partial charge in [0.1, 0.15) is 11.5 Å². The third-order valence-electron chi connectivity index (χ3n) is 3.44. The Hall–Kier alpha value is -2.04. The SMILES string of the molecule is CN=C(NCc1nc(C)no1)N(C)Cc1ccc(OC)cc1OC.I. The molecule has 2 rings (SSSR count). The van der Waals surface area contributed by atoms with E-state index >= 15 is 0 Å². The Morgan fingerprint density at radius 2 is 2.08 bits per heavy atom. The van der Waals surface area contributed by atoms with Crippen molar-refractivity contribution >= 4 is 29.9 Å². The van der Waals surface area contributed by atoms with Gasteiger partial charge in [0.2, 0.25) is 5.89 Å². The van der Waals surface area contributed by atoms with Crippen molar-refractivity contribution in [1.82, 2.24) is 20.4 Å². The molecule has 8 nitrogen and oxygen atoms in total. The number of nitrogens with zero attached hydrogens (tertiary/aromatic N) is 4. The number of aromatic nitrogens is 2. The van der Waals surface area contributed by atoms with Crippen LogP contribution in [0.5, 0.6) is 11.5 Å². The normalized spacial score (nSPS) is 10.8. The lowest BCUT2D eigenvalue weighted by molar-refractivity contribution is 0.366. The van der Waals surface area contributed by atoms with Crippen molar-refractivity contribution in [3.63, 3.8) is 0 Å². The number of aliphatic imine (C=N–C) groups is 1. The van der Waals surface area contributed by atoms with E-state index in [9.17, 15) is 0 Å². The molecule has 9 heteroatoms. The molecule has 0 bridgehead atoms. The zero-order valence-electron chi connectivity index (χ0n) is 15.1. The molecule has 1 heterocycles. The summed E-state index contributed by atoms with van der Waals surface area (Å²) in [6, 6.07) is 5.74. The van der Waals surface area contributed by atoms with Gasteiger partial charge in [-0.05, 0) is 19.1 Å². The van der Waals surface area contributed by atoms with E-state index < -0.39 is 0 Å². The number of hydrogen-bond donors (Lipinski definition) is 1. The van der Waals surface area contributed by atoms with Crippen molar-refractivity contribution in [3.05, 3.63) is 35.5 Å². The van der Waals surface area contributed by atoms with Crippen LogP contribution in [0.25, 0.3) is 0 Å². The standard InChI is InChI=1S/C16H23N5O3.HI/c1-11-19-15(24-20-11)9-18-16(17-2)21(3)10-12-6-7-13(22-4)8-14(12)23-5;/h6-8H,9-10H2,1-5H3,(H,17,18);1H. The van der Waals surface area contributed by atoms with Gasteiger partial charge in [0.25, 0.3) is 0 Å². The smallest absolute Gasteiger partial charge is 0.246 e. The Bertz CT molecular complexity index is 705. The highest BCUT2D eigenvalue weighted by Crippen LogP contribution is 2.25. The van der Waals surface area contributed by atoms with Crippen LogP contribution in [0, 0.1) is 6.92 Å². The van der Waals surface area contributed by atoms with Crippen molar-refractivity contribution in [3.8, 4) is 11.5 Å². The lowest BCUT2D eigenvalue weighted by Crippen LogP contribution is -2.38. The summed E-state index contributed by atoms with van der Waals surface area (Å²) in [6.07, 6.45) is 0. The van der Waals surface area contributed by atoms with Crippen molar-refractivity contribution in [2.45, 2.75) is 20.0 Å². The lowest BCUT2D eigenvalue weighted by Gasteiger charge is -2.22. The minimum absolute atomic E-state index is 0. The fraction of sp³-hybridized carbons (Fsp3) is 0.438. The highest BCUT2D eigenvalue weighted by Gasteiger charge is 2.12. The molecule has 1 aromatic heterocycles. The highest BCUT2D eigenvalue weighted by molar-refractivity contribution is 14.0. The third kappa shape index (κ3) is 5.76. The number of guanidine groups is 1. The molecule has 0 saturated carbocycles. The Labute approximate surface area is 164 Å². The van der Waals surface area contributed by atoms with E-state index in [0.717, 1.165) is 17.1 Å². The molecule has 0 aliphatic rings. The first kappa shape index (κ1) is 21.0. The van der Waals surface area contributed by atoms with Gasteiger partial charge in [-0.3, -0.25) is 4.99 Å². The number of ether oxygens (including phenoxy) is 2. The molecule has 0 aliphatic carbocycles. The minimum atomic E-state index is 0. The molecule has 2 aromatic rings. The summed E-state index contributed by atoms with van der Waals surface area (Å²) in [5, 5.41) is 6.96. The highest BCUT2D eigenvalue weighted by atomic mass is 127. The molecular weight excluding hydrogens is 437 g/mol. The maximum Gasteiger partial charge on any atom is 0.246 e. The number of nitrogens with one attached hydrogen (secondary N) is 1. The van der Waals surface area contributed by atoms with Gasteiger partial charge in [-0.15, -0.1) is 24.0 Å². The van der Waals surface area contributed by atoms with Crippen molar-refractivity contribution < 1.29 is 14.0 Å². The Morgan fingerprint density at radius 1 is 1.32 bits per heavy atom. The van der Waals surface area contributed by atoms with Crippen LogP contribution in [0.3, 0.4) is 0 Å². The number of hydrogen-bond acceptors (Lipinski definition) is 6. The second-order valence-electron chi connectivity index (χ2n) is 5.17. The van der Waals surface area contributed by atoms with E-state index in [4.69, 9.17) is 14.0 Å². The summed E-state index contributed by atoms with van der Waals surface area (Å²) in [5.41, 5.74) is 1.03. The van der Waals surface area contributed by atoms with Gasteiger partial charge in [-0.25, -0.2) is 0 Å². The van der Waals surface area contributed by atoms with E-state index in [1.54, 1.807) is 28.2 Å². The molecule has 0 aliphatic heterocycles. The predicted octanol–water partition coefficient (Wildman–Crippen LogP) is 2.22. The average molecular weight is 461 g/mol. The van der Waals surface area contributed by atoms with Crippen LogP contribution in [-0.2, 0) is 13.1 Å². The van der Waals surface area contributed by atoms with Gasteiger partial charge in [0.05, 0.1) is 20.8 Å². The summed E-state index contributed by atoms with van der Waals surface area (Å²) < 4.78 is 15.7. The first-order valence-corrected chi connectivity index (χ1v) is 7.49. The average Bonchev–Trinajstić information content (AvgIpc) is 3.01.